The normalized spacial score (nSPS) is 17.9. The van der Waals surface area contributed by atoms with E-state index >= 15 is 0 Å². The number of rotatable bonds is 3. The van der Waals surface area contributed by atoms with E-state index in [1.54, 1.807) is 54.6 Å². The van der Waals surface area contributed by atoms with Crippen molar-refractivity contribution < 1.29 is 13.5 Å². The monoisotopic (exact) mass is 377 g/mol. The third-order valence-corrected chi connectivity index (χ3v) is 6.39. The standard InChI is InChI=1S/C22H19NO3S/c1-16-11-13-18(14-12-16)27(25,26)23-20-10-6-5-9-19(20)22(24)21(23)15-17-7-3-2-4-8-17/h2-15,22,24H,1H3/b21-15-. The summed E-state index contributed by atoms with van der Waals surface area (Å²) in [4.78, 5) is 0.191. The van der Waals surface area contributed by atoms with Crippen molar-refractivity contribution >= 4 is 21.8 Å². The molecule has 136 valence electrons. The van der Waals surface area contributed by atoms with Gasteiger partial charge < -0.3 is 5.11 Å². The lowest BCUT2D eigenvalue weighted by Gasteiger charge is -2.22. The number of aliphatic hydroxyl groups excluding tert-OH is 1. The van der Waals surface area contributed by atoms with Crippen LogP contribution in [0.3, 0.4) is 0 Å². The molecule has 1 unspecified atom stereocenters. The molecule has 3 aromatic carbocycles. The van der Waals surface area contributed by atoms with E-state index < -0.39 is 16.1 Å². The molecule has 0 spiro atoms. The molecular weight excluding hydrogens is 358 g/mol. The zero-order valence-corrected chi connectivity index (χ0v) is 15.6. The molecule has 0 amide bonds. The summed E-state index contributed by atoms with van der Waals surface area (Å²) in [7, 11) is -3.87. The average molecular weight is 377 g/mol. The summed E-state index contributed by atoms with van der Waals surface area (Å²) >= 11 is 0. The quantitative estimate of drug-likeness (QED) is 0.741. The lowest BCUT2D eigenvalue weighted by atomic mass is 10.1. The van der Waals surface area contributed by atoms with E-state index in [2.05, 4.69) is 0 Å². The van der Waals surface area contributed by atoms with Crippen molar-refractivity contribution in [1.82, 2.24) is 0 Å². The summed E-state index contributed by atoms with van der Waals surface area (Å²) in [5.74, 6) is 0. The molecule has 5 heteroatoms. The van der Waals surface area contributed by atoms with Gasteiger partial charge in [0.15, 0.2) is 0 Å². The Morgan fingerprint density at radius 1 is 0.889 bits per heavy atom. The number of para-hydroxylation sites is 1. The smallest absolute Gasteiger partial charge is 0.268 e. The van der Waals surface area contributed by atoms with Crippen LogP contribution in [0.25, 0.3) is 6.08 Å². The molecule has 0 aliphatic carbocycles. The number of aliphatic hydroxyl groups is 1. The fraction of sp³-hybridized carbons (Fsp3) is 0.0909. The molecule has 0 fully saturated rings. The molecule has 0 saturated carbocycles. The van der Waals surface area contributed by atoms with Gasteiger partial charge in [-0.05, 0) is 36.8 Å². The van der Waals surface area contributed by atoms with Gasteiger partial charge >= 0.3 is 0 Å². The Bertz CT molecular complexity index is 1100. The molecule has 0 bridgehead atoms. The van der Waals surface area contributed by atoms with Crippen molar-refractivity contribution in [1.29, 1.82) is 0 Å². The molecule has 1 N–H and O–H groups in total. The van der Waals surface area contributed by atoms with Crippen LogP contribution in [0, 0.1) is 6.92 Å². The minimum absolute atomic E-state index is 0.191. The van der Waals surface area contributed by atoms with Crippen LogP contribution in [0.1, 0.15) is 22.8 Å². The van der Waals surface area contributed by atoms with Gasteiger partial charge in [-0.2, -0.15) is 0 Å². The summed E-state index contributed by atoms with van der Waals surface area (Å²) in [5.41, 5.74) is 3.19. The SMILES string of the molecule is Cc1ccc(S(=O)(=O)N2/C(=C\c3ccccc3)C(O)c3ccccc32)cc1. The zero-order valence-electron chi connectivity index (χ0n) is 14.8. The molecular formula is C22H19NO3S. The maximum Gasteiger partial charge on any atom is 0.268 e. The number of anilines is 1. The molecule has 1 atom stereocenters. The van der Waals surface area contributed by atoms with E-state index in [1.807, 2.05) is 37.3 Å². The highest BCUT2D eigenvalue weighted by Crippen LogP contribution is 2.45. The maximum atomic E-state index is 13.4. The van der Waals surface area contributed by atoms with Gasteiger partial charge in [-0.15, -0.1) is 0 Å². The second kappa shape index (κ2) is 6.68. The molecule has 0 radical (unpaired) electrons. The van der Waals surface area contributed by atoms with Crippen molar-refractivity contribution in [3.8, 4) is 0 Å². The summed E-state index contributed by atoms with van der Waals surface area (Å²) < 4.78 is 28.1. The van der Waals surface area contributed by atoms with Gasteiger partial charge in [0.05, 0.1) is 16.3 Å². The van der Waals surface area contributed by atoms with Crippen molar-refractivity contribution in [2.24, 2.45) is 0 Å². The third kappa shape index (κ3) is 3.05. The number of fused-ring (bicyclic) bond motifs is 1. The first kappa shape index (κ1) is 17.5. The van der Waals surface area contributed by atoms with Crippen LogP contribution in [-0.2, 0) is 10.0 Å². The molecule has 0 saturated heterocycles. The largest absolute Gasteiger partial charge is 0.382 e. The topological polar surface area (TPSA) is 57.6 Å². The van der Waals surface area contributed by atoms with E-state index in [9.17, 15) is 13.5 Å². The summed E-state index contributed by atoms with van der Waals surface area (Å²) in [6.07, 6.45) is 0.706. The Balaban J connectivity index is 1.91. The van der Waals surface area contributed by atoms with Crippen molar-refractivity contribution in [2.45, 2.75) is 17.9 Å². The van der Waals surface area contributed by atoms with E-state index in [0.29, 0.717) is 16.9 Å². The van der Waals surface area contributed by atoms with Gasteiger partial charge in [-0.25, -0.2) is 12.7 Å². The van der Waals surface area contributed by atoms with Gasteiger partial charge in [0.2, 0.25) is 0 Å². The third-order valence-electron chi connectivity index (χ3n) is 4.64. The number of hydrogen-bond donors (Lipinski definition) is 1. The summed E-state index contributed by atoms with van der Waals surface area (Å²) in [6.45, 7) is 1.91. The summed E-state index contributed by atoms with van der Waals surface area (Å²) in [5, 5.41) is 10.9. The van der Waals surface area contributed by atoms with Gasteiger partial charge in [0.1, 0.15) is 6.10 Å². The Labute approximate surface area is 159 Å². The van der Waals surface area contributed by atoms with Crippen LogP contribution >= 0.6 is 0 Å². The van der Waals surface area contributed by atoms with Crippen LogP contribution in [0.5, 0.6) is 0 Å². The molecule has 1 heterocycles. The Hall–Kier alpha value is -2.89. The van der Waals surface area contributed by atoms with E-state index in [-0.39, 0.29) is 4.90 Å². The van der Waals surface area contributed by atoms with Gasteiger partial charge in [-0.3, -0.25) is 0 Å². The molecule has 1 aliphatic heterocycles. The fourth-order valence-electron chi connectivity index (χ4n) is 3.25. The molecule has 27 heavy (non-hydrogen) atoms. The zero-order chi connectivity index (χ0) is 19.0. The predicted octanol–water partition coefficient (Wildman–Crippen LogP) is 4.28. The van der Waals surface area contributed by atoms with Crippen molar-refractivity contribution in [3.63, 3.8) is 0 Å². The van der Waals surface area contributed by atoms with Crippen LogP contribution in [0.15, 0.2) is 89.5 Å². The van der Waals surface area contributed by atoms with E-state index in [0.717, 1.165) is 11.1 Å². The van der Waals surface area contributed by atoms with Crippen molar-refractivity contribution in [2.75, 3.05) is 4.31 Å². The molecule has 3 aromatic rings. The van der Waals surface area contributed by atoms with Crippen LogP contribution < -0.4 is 4.31 Å². The lowest BCUT2D eigenvalue weighted by molar-refractivity contribution is 0.223. The van der Waals surface area contributed by atoms with Gasteiger partial charge in [-0.1, -0.05) is 66.2 Å². The van der Waals surface area contributed by atoms with Crippen LogP contribution in [0.2, 0.25) is 0 Å². The number of benzene rings is 3. The highest BCUT2D eigenvalue weighted by Gasteiger charge is 2.40. The molecule has 1 aliphatic rings. The maximum absolute atomic E-state index is 13.4. The fourth-order valence-corrected chi connectivity index (χ4v) is 4.80. The second-order valence-corrected chi connectivity index (χ2v) is 8.31. The van der Waals surface area contributed by atoms with Crippen LogP contribution in [-0.4, -0.2) is 13.5 Å². The highest BCUT2D eigenvalue weighted by molar-refractivity contribution is 7.93. The second-order valence-electron chi connectivity index (χ2n) is 6.52. The number of sulfonamides is 1. The van der Waals surface area contributed by atoms with E-state index in [1.165, 1.54) is 4.31 Å². The lowest BCUT2D eigenvalue weighted by Crippen LogP contribution is -2.28. The first-order valence-electron chi connectivity index (χ1n) is 8.64. The minimum Gasteiger partial charge on any atom is -0.382 e. The predicted molar refractivity (Wildman–Crippen MR) is 107 cm³/mol. The van der Waals surface area contributed by atoms with Gasteiger partial charge in [0, 0.05) is 5.56 Å². The van der Waals surface area contributed by atoms with E-state index in [4.69, 9.17) is 0 Å². The Kier molecular flexibility index (Phi) is 4.34. The Morgan fingerprint density at radius 3 is 2.22 bits per heavy atom. The number of hydrogen-bond acceptors (Lipinski definition) is 3. The first-order valence-corrected chi connectivity index (χ1v) is 10.1. The first-order chi connectivity index (χ1) is 13.0. The van der Waals surface area contributed by atoms with Crippen molar-refractivity contribution in [3.05, 3.63) is 101 Å². The molecule has 4 nitrogen and oxygen atoms in total. The highest BCUT2D eigenvalue weighted by atomic mass is 32.2. The summed E-state index contributed by atoms with van der Waals surface area (Å²) in [6, 6.07) is 23.2. The molecule has 4 rings (SSSR count). The minimum atomic E-state index is -3.87. The number of aryl methyl sites for hydroxylation is 1. The Morgan fingerprint density at radius 2 is 1.52 bits per heavy atom. The van der Waals surface area contributed by atoms with Gasteiger partial charge in [0.25, 0.3) is 10.0 Å². The average Bonchev–Trinajstić information content (AvgIpc) is 2.96. The molecule has 0 aromatic heterocycles. The number of nitrogens with zero attached hydrogens (tertiary/aromatic N) is 1. The van der Waals surface area contributed by atoms with Crippen LogP contribution in [0.4, 0.5) is 5.69 Å².